The summed E-state index contributed by atoms with van der Waals surface area (Å²) in [6.45, 7) is 6.69. The molecule has 0 radical (unpaired) electrons. The van der Waals surface area contributed by atoms with Crippen molar-refractivity contribution in [3.05, 3.63) is 94.1 Å². The number of carbonyl (C=O) groups is 5. The standard InChI is InChI=1S/C49H68N8O11S.C2HF3O2/c1-6-67-47(61)43-44(59)42(69-46(43)53-37-14-8-7-9-15-37)31-35-16-17-41(40(58)30-35)68-29-28-66-27-26-65-25-24-64-23-20-50-45(60)36-32-38(54-48(62)51-18-10-12-21-56(2)3)34-39(33-36)55-49(63)52-19-11-13-22-57(4)5;3-2(4,5)1(6)7/h7-9,14-17,30-34,58-59H,6,10-13,18-29H2,1-5H3,(H,50,60)(H2,51,54,62)(H2,52,55,63);(H,6,7)/b42-31-,53-46?;. The second-order valence-electron chi connectivity index (χ2n) is 16.9. The first-order valence-electron chi connectivity index (χ1n) is 24.2. The van der Waals surface area contributed by atoms with Crippen molar-refractivity contribution < 1.29 is 76.1 Å². The van der Waals surface area contributed by atoms with Crippen LogP contribution in [0.2, 0.25) is 0 Å². The monoisotopic (exact) mass is 1090 g/mol. The second-order valence-corrected chi connectivity index (χ2v) is 17.9. The number of unbranched alkanes of at least 4 members (excludes halogenated alkanes) is 2. The normalized spacial score (nSPS) is 13.3. The summed E-state index contributed by atoms with van der Waals surface area (Å²) in [5.41, 5.74) is 2.09. The number of carboxylic acid groups (broad SMARTS) is 1. The lowest BCUT2D eigenvalue weighted by atomic mass is 10.1. The van der Waals surface area contributed by atoms with Crippen LogP contribution in [0, 0.1) is 0 Å². The molecule has 3 aromatic carbocycles. The van der Waals surface area contributed by atoms with Crippen molar-refractivity contribution in [2.45, 2.75) is 38.8 Å². The van der Waals surface area contributed by atoms with E-state index in [1.165, 1.54) is 6.07 Å². The molecule has 25 heteroatoms. The number of carboxylic acids is 1. The molecule has 0 unspecified atom stereocenters. The van der Waals surface area contributed by atoms with E-state index >= 15 is 0 Å². The predicted molar refractivity (Wildman–Crippen MR) is 284 cm³/mol. The number of phenolic OH excluding ortho intramolecular Hbond substituents is 1. The molecule has 3 aromatic rings. The number of phenols is 1. The van der Waals surface area contributed by atoms with Gasteiger partial charge < -0.3 is 75.4 Å². The van der Waals surface area contributed by atoms with Gasteiger partial charge in [0.05, 0.1) is 56.8 Å². The highest BCUT2D eigenvalue weighted by Gasteiger charge is 2.38. The first kappa shape index (κ1) is 63.4. The zero-order valence-corrected chi connectivity index (χ0v) is 44.1. The fourth-order valence-corrected chi connectivity index (χ4v) is 7.40. The summed E-state index contributed by atoms with van der Waals surface area (Å²) in [6.07, 6.45) is 0.0446. The maximum atomic E-state index is 13.2. The van der Waals surface area contributed by atoms with Gasteiger partial charge in [-0.05, 0) is 128 Å². The number of alkyl halides is 3. The Bertz CT molecular complexity index is 2380. The number of rotatable bonds is 30. The summed E-state index contributed by atoms with van der Waals surface area (Å²) in [6, 6.07) is 17.7. The number of ether oxygens (including phenoxy) is 5. The van der Waals surface area contributed by atoms with Crippen molar-refractivity contribution >= 4 is 69.9 Å². The van der Waals surface area contributed by atoms with Crippen molar-refractivity contribution in [2.75, 3.05) is 124 Å². The van der Waals surface area contributed by atoms with E-state index in [4.69, 9.17) is 33.6 Å². The molecule has 1 aliphatic rings. The number of nitrogens with zero attached hydrogens (tertiary/aromatic N) is 3. The summed E-state index contributed by atoms with van der Waals surface area (Å²) in [5, 5.41) is 43.1. The van der Waals surface area contributed by atoms with E-state index in [2.05, 4.69) is 41.4 Å². The average Bonchev–Trinajstić information content (AvgIpc) is 3.66. The molecule has 0 bridgehead atoms. The Balaban J connectivity index is 0.00000202. The Morgan fingerprint density at radius 2 is 1.24 bits per heavy atom. The number of hydrogen-bond donors (Lipinski definition) is 8. The van der Waals surface area contributed by atoms with Crippen LogP contribution < -0.4 is 31.3 Å². The minimum absolute atomic E-state index is 0.0209. The van der Waals surface area contributed by atoms with Crippen molar-refractivity contribution in [1.29, 1.82) is 0 Å². The Kier molecular flexibility index (Phi) is 28.9. The molecule has 0 spiro atoms. The Labute approximate surface area is 444 Å². The van der Waals surface area contributed by atoms with E-state index in [1.54, 1.807) is 55.5 Å². The number of carbonyl (C=O) groups excluding carboxylic acids is 4. The molecule has 5 amide bonds. The number of amides is 5. The number of nitrogens with one attached hydrogen (secondary N) is 5. The van der Waals surface area contributed by atoms with Crippen LogP contribution in [0.5, 0.6) is 11.5 Å². The van der Waals surface area contributed by atoms with Crippen molar-refractivity contribution in [3.63, 3.8) is 0 Å². The van der Waals surface area contributed by atoms with E-state index < -0.39 is 36.1 Å². The molecule has 0 atom stereocenters. The number of aliphatic hydroxyl groups excluding tert-OH is 1. The van der Waals surface area contributed by atoms with Gasteiger partial charge in [0.2, 0.25) is 0 Å². The first-order chi connectivity index (χ1) is 36.3. The van der Waals surface area contributed by atoms with Crippen LogP contribution in [-0.2, 0) is 28.5 Å². The number of aliphatic carboxylic acids is 1. The Morgan fingerprint density at radius 3 is 1.75 bits per heavy atom. The number of thioether (sulfide) groups is 1. The van der Waals surface area contributed by atoms with Gasteiger partial charge in [0.1, 0.15) is 23.0 Å². The summed E-state index contributed by atoms with van der Waals surface area (Å²) in [5.74, 6) is -3.96. The number of para-hydroxylation sites is 1. The van der Waals surface area contributed by atoms with Gasteiger partial charge in [0.15, 0.2) is 11.5 Å². The van der Waals surface area contributed by atoms with Crippen LogP contribution >= 0.6 is 11.8 Å². The summed E-state index contributed by atoms with van der Waals surface area (Å²) >= 11 is 1.12. The van der Waals surface area contributed by atoms with Crippen LogP contribution in [-0.4, -0.2) is 180 Å². The van der Waals surface area contributed by atoms with E-state index in [1.807, 2.05) is 46.4 Å². The van der Waals surface area contributed by atoms with Crippen LogP contribution in [0.15, 0.2) is 88.0 Å². The Morgan fingerprint density at radius 1 is 0.697 bits per heavy atom. The zero-order chi connectivity index (χ0) is 55.9. The third-order valence-corrected chi connectivity index (χ3v) is 11.0. The van der Waals surface area contributed by atoms with E-state index in [-0.39, 0.29) is 68.0 Å². The highest BCUT2D eigenvalue weighted by molar-refractivity contribution is 8.18. The van der Waals surface area contributed by atoms with Gasteiger partial charge >= 0.3 is 30.2 Å². The number of esters is 1. The maximum Gasteiger partial charge on any atom is 0.490 e. The number of aliphatic hydroxyl groups is 1. The molecule has 0 fully saturated rings. The average molecular weight is 1090 g/mol. The highest BCUT2D eigenvalue weighted by Crippen LogP contribution is 2.41. The van der Waals surface area contributed by atoms with Gasteiger partial charge in [0, 0.05) is 36.6 Å². The lowest BCUT2D eigenvalue weighted by molar-refractivity contribution is -0.192. The topological polar surface area (TPSA) is 271 Å². The fourth-order valence-electron chi connectivity index (χ4n) is 6.36. The number of aliphatic imine (C=N–C) groups is 1. The molecular weight excluding hydrogens is 1020 g/mol. The van der Waals surface area contributed by atoms with Gasteiger partial charge in [-0.15, -0.1) is 0 Å². The lowest BCUT2D eigenvalue weighted by Gasteiger charge is -2.14. The summed E-state index contributed by atoms with van der Waals surface area (Å²) in [4.78, 5) is 69.1. The smallest absolute Gasteiger partial charge is 0.490 e. The molecule has 0 aromatic heterocycles. The maximum absolute atomic E-state index is 13.2. The van der Waals surface area contributed by atoms with Crippen molar-refractivity contribution in [1.82, 2.24) is 25.8 Å². The van der Waals surface area contributed by atoms with Gasteiger partial charge in [-0.25, -0.2) is 24.2 Å². The number of anilines is 2. The molecule has 0 saturated heterocycles. The van der Waals surface area contributed by atoms with Crippen LogP contribution in [0.3, 0.4) is 0 Å². The van der Waals surface area contributed by atoms with Gasteiger partial charge in [-0.3, -0.25) is 4.79 Å². The lowest BCUT2D eigenvalue weighted by Crippen LogP contribution is -2.31. The fraction of sp³-hybridized carbons (Fsp3) is 0.451. The third-order valence-electron chi connectivity index (χ3n) is 9.99. The minimum atomic E-state index is -5.08. The molecule has 76 heavy (non-hydrogen) atoms. The van der Waals surface area contributed by atoms with Crippen LogP contribution in [0.25, 0.3) is 6.08 Å². The molecular formula is C51H69F3N8O13S. The van der Waals surface area contributed by atoms with Crippen molar-refractivity contribution in [3.8, 4) is 11.5 Å². The molecule has 0 aliphatic carbocycles. The van der Waals surface area contributed by atoms with Gasteiger partial charge in [-0.2, -0.15) is 13.2 Å². The zero-order valence-electron chi connectivity index (χ0n) is 43.3. The molecule has 21 nitrogen and oxygen atoms in total. The van der Waals surface area contributed by atoms with Crippen molar-refractivity contribution in [2.24, 2.45) is 4.99 Å². The number of benzene rings is 3. The molecule has 8 N–H and O–H groups in total. The molecule has 4 rings (SSSR count). The second kappa shape index (κ2) is 34.6. The number of urea groups is 2. The van der Waals surface area contributed by atoms with E-state index in [9.17, 15) is 42.6 Å². The molecule has 418 valence electrons. The summed E-state index contributed by atoms with van der Waals surface area (Å²) in [7, 11) is 7.99. The van der Waals surface area contributed by atoms with Gasteiger partial charge in [-0.1, -0.05) is 36.0 Å². The number of halogens is 3. The quantitative estimate of drug-likeness (QED) is 0.0246. The predicted octanol–water partition coefficient (Wildman–Crippen LogP) is 7.00. The van der Waals surface area contributed by atoms with Crippen LogP contribution in [0.1, 0.15) is 48.5 Å². The highest BCUT2D eigenvalue weighted by atomic mass is 32.2. The number of hydrogen-bond acceptors (Lipinski definition) is 16. The SMILES string of the molecule is CCOC(=O)C1=C(O)/C(=C/c2ccc(OCCOCCOCCOCCNC(=O)c3cc(NC(=O)NCCCCN(C)C)cc(NC(=O)NCCCCN(C)C)c3)c(O)c2)SC1=Nc1ccccc1.O=C(O)C(F)(F)F. The minimum Gasteiger partial charge on any atom is -0.506 e. The largest absolute Gasteiger partial charge is 0.506 e. The summed E-state index contributed by atoms with van der Waals surface area (Å²) < 4.78 is 59.4. The molecule has 0 saturated carbocycles. The number of aromatic hydroxyl groups is 1. The molecule has 1 aliphatic heterocycles. The Hall–Kier alpha value is -6.90. The van der Waals surface area contributed by atoms with E-state index in [0.717, 1.165) is 50.5 Å². The van der Waals surface area contributed by atoms with Gasteiger partial charge in [0.25, 0.3) is 5.91 Å². The van der Waals surface area contributed by atoms with Crippen LogP contribution in [0.4, 0.5) is 39.8 Å². The molecule has 1 heterocycles. The third kappa shape index (κ3) is 25.6. The first-order valence-corrected chi connectivity index (χ1v) is 25.0. The van der Waals surface area contributed by atoms with E-state index in [0.29, 0.717) is 65.5 Å².